The van der Waals surface area contributed by atoms with Gasteiger partial charge in [0.15, 0.2) is 0 Å². The number of furan rings is 2. The van der Waals surface area contributed by atoms with E-state index in [0.717, 1.165) is 38.5 Å². The molecule has 0 saturated heterocycles. The molecule has 29 rings (SSSR count). The number of hydrogen-bond acceptors (Lipinski definition) is 3. The van der Waals surface area contributed by atoms with Gasteiger partial charge in [-0.15, -0.1) is 11.3 Å². The number of fused-ring (bicyclic) bond motifs is 25. The number of nitrogens with zero attached hydrogens (tertiary/aromatic N) is 3. The van der Waals surface area contributed by atoms with Crippen molar-refractivity contribution in [3.63, 3.8) is 0 Å². The highest BCUT2D eigenvalue weighted by Gasteiger charge is 2.22. The van der Waals surface area contributed by atoms with Gasteiger partial charge in [0.05, 0.1) is 33.1 Å². The largest absolute Gasteiger partial charge is 0.456 e. The molecule has 0 unspecified atom stereocenters. The third-order valence-electron chi connectivity index (χ3n) is 27.7. The second kappa shape index (κ2) is 31.2. The SMILES string of the molecule is c1cc(-c2ccc3oc4ccc5ccccc5c4c3c2)cc(-c2ccc3c(c2)c2ccccc2n3-c2ccc3ccccc3c2)c1.c1cc(-c2ccc3oc4ccccc4c3c2)cc(-c2ccc3c(c2)c2ccccc2n3-c2ccc3ccccc3c2)c1.c1cc(-c2ccc3sc4ccc5ccccc5c4c3c2)cc(-c2ccc3c(c2)c2ccccc2n3-c2ccc3ccccc3c2)c1. The smallest absolute Gasteiger partial charge is 0.136 e. The fourth-order valence-corrected chi connectivity index (χ4v) is 22.3. The number of rotatable bonds is 9. The third kappa shape index (κ3) is 12.9. The first-order valence-corrected chi connectivity index (χ1v) is 46.7. The van der Waals surface area contributed by atoms with E-state index in [2.05, 4.69) is 481 Å². The lowest BCUT2D eigenvalue weighted by molar-refractivity contribution is 0.668. The van der Waals surface area contributed by atoms with E-state index in [1.54, 1.807) is 0 Å². The van der Waals surface area contributed by atoms with Crippen LogP contribution in [0.4, 0.5) is 0 Å². The van der Waals surface area contributed by atoms with E-state index < -0.39 is 0 Å². The van der Waals surface area contributed by atoms with Gasteiger partial charge in [-0.2, -0.15) is 0 Å². The highest BCUT2D eigenvalue weighted by Crippen LogP contribution is 2.46. The molecule has 0 saturated carbocycles. The van der Waals surface area contributed by atoms with Crippen LogP contribution in [-0.4, -0.2) is 13.7 Å². The first kappa shape index (κ1) is 76.6. The fraction of sp³-hybridized carbons (Fsp3) is 0. The minimum absolute atomic E-state index is 0.916. The summed E-state index contributed by atoms with van der Waals surface area (Å²) in [5.74, 6) is 0. The van der Waals surface area contributed by atoms with Crippen molar-refractivity contribution in [2.45, 2.75) is 0 Å². The van der Waals surface area contributed by atoms with E-state index in [1.165, 1.54) is 229 Å². The van der Waals surface area contributed by atoms with Crippen LogP contribution in [0.5, 0.6) is 0 Å². The van der Waals surface area contributed by atoms with Crippen LogP contribution in [-0.2, 0) is 0 Å². The maximum absolute atomic E-state index is 6.27. The third-order valence-corrected chi connectivity index (χ3v) is 28.8. The molecule has 624 valence electrons. The van der Waals surface area contributed by atoms with Crippen LogP contribution in [0.2, 0.25) is 0 Å². The summed E-state index contributed by atoms with van der Waals surface area (Å²) in [7, 11) is 0. The van der Waals surface area contributed by atoms with Gasteiger partial charge in [0, 0.05) is 91.1 Å². The van der Waals surface area contributed by atoms with Crippen molar-refractivity contribution in [1.29, 1.82) is 0 Å². The predicted molar refractivity (Wildman–Crippen MR) is 570 cm³/mol. The predicted octanol–water partition coefficient (Wildman–Crippen LogP) is 36.3. The van der Waals surface area contributed by atoms with Crippen LogP contribution in [0.3, 0.4) is 0 Å². The molecular weight excluding hydrogens is 1640 g/mol. The molecule has 29 aromatic rings. The molecule has 0 atom stereocenters. The van der Waals surface area contributed by atoms with Crippen molar-refractivity contribution in [3.8, 4) is 83.8 Å². The quantitative estimate of drug-likeness (QED) is 0.145. The Hall–Kier alpha value is -17.4. The standard InChI is InChI=1S/C44H27NO.C44H27NS.C40H25NO/c2*1-2-10-32-25-35(20-16-28(32)8-1)45-40-15-6-5-14-37(40)38-26-33(17-21-41(38)45)30-11-7-12-31(24-30)34-19-22-42-39(27-34)44-36-13-4-3-9-29(36)18-23-43(44)46-42;1-2-9-29-23-32(19-16-26(29)8-1)41-37-14-5-3-12-33(37)35-24-30(17-20-38(35)41)27-10-7-11-28(22-27)31-18-21-40-36(25-31)34-13-4-6-15-39(34)42-40/h2*1-27H;1-25H. The van der Waals surface area contributed by atoms with Crippen LogP contribution in [0.1, 0.15) is 0 Å². The van der Waals surface area contributed by atoms with Crippen molar-refractivity contribution in [2.75, 3.05) is 0 Å². The molecule has 6 aromatic heterocycles. The summed E-state index contributed by atoms with van der Waals surface area (Å²) in [6, 6.07) is 174. The second-order valence-electron chi connectivity index (χ2n) is 35.3. The van der Waals surface area contributed by atoms with Gasteiger partial charge in [0.25, 0.3) is 0 Å². The Bertz CT molecular complexity index is 9500. The second-order valence-corrected chi connectivity index (χ2v) is 36.4. The van der Waals surface area contributed by atoms with Gasteiger partial charge >= 0.3 is 0 Å². The number of benzene rings is 23. The number of hydrogen-bond donors (Lipinski definition) is 0. The summed E-state index contributed by atoms with van der Waals surface area (Å²) in [6.07, 6.45) is 0. The molecule has 0 N–H and O–H groups in total. The van der Waals surface area contributed by atoms with E-state index in [1.807, 2.05) is 23.5 Å². The Morgan fingerprint density at radius 3 is 0.873 bits per heavy atom. The molecule has 0 fully saturated rings. The normalized spacial score (nSPS) is 11.9. The summed E-state index contributed by atoms with van der Waals surface area (Å²) in [4.78, 5) is 0. The van der Waals surface area contributed by atoms with Gasteiger partial charge in [-0.3, -0.25) is 0 Å². The van der Waals surface area contributed by atoms with Crippen molar-refractivity contribution in [2.24, 2.45) is 0 Å². The molecule has 6 heterocycles. The fourth-order valence-electron chi connectivity index (χ4n) is 21.2. The molecule has 0 aliphatic heterocycles. The minimum atomic E-state index is 0.916. The Kier molecular flexibility index (Phi) is 17.8. The molecule has 5 nitrogen and oxygen atoms in total. The summed E-state index contributed by atoms with van der Waals surface area (Å²) >= 11 is 1.88. The number of thiophene rings is 1. The van der Waals surface area contributed by atoms with Crippen LogP contribution in [0, 0.1) is 0 Å². The highest BCUT2D eigenvalue weighted by atomic mass is 32.1. The maximum Gasteiger partial charge on any atom is 0.136 e. The molecule has 0 spiro atoms. The first-order valence-electron chi connectivity index (χ1n) is 45.9. The lowest BCUT2D eigenvalue weighted by Gasteiger charge is -2.10. The van der Waals surface area contributed by atoms with E-state index in [-0.39, 0.29) is 0 Å². The van der Waals surface area contributed by atoms with Crippen LogP contribution in [0.15, 0.2) is 488 Å². The molecule has 0 bridgehead atoms. The van der Waals surface area contributed by atoms with Crippen molar-refractivity contribution >= 4 is 195 Å². The van der Waals surface area contributed by atoms with Crippen LogP contribution < -0.4 is 0 Å². The average molecular weight is 1720 g/mol. The Morgan fingerprint density at radius 2 is 0.425 bits per heavy atom. The summed E-state index contributed by atoms with van der Waals surface area (Å²) in [5.41, 5.74) is 29.0. The van der Waals surface area contributed by atoms with Gasteiger partial charge in [0.2, 0.25) is 0 Å². The van der Waals surface area contributed by atoms with E-state index >= 15 is 0 Å². The topological polar surface area (TPSA) is 41.1 Å². The molecule has 0 radical (unpaired) electrons. The zero-order valence-corrected chi connectivity index (χ0v) is 73.5. The summed E-state index contributed by atoms with van der Waals surface area (Å²) in [5, 5.41) is 27.5. The Labute approximate surface area is 774 Å². The van der Waals surface area contributed by atoms with Gasteiger partial charge in [-0.05, 0) is 284 Å². The molecule has 6 heteroatoms. The Balaban J connectivity index is 0.000000102. The molecule has 0 aliphatic carbocycles. The minimum Gasteiger partial charge on any atom is -0.456 e. The average Bonchev–Trinajstić information content (AvgIpc) is 1.59. The summed E-state index contributed by atoms with van der Waals surface area (Å²) < 4.78 is 22.2. The van der Waals surface area contributed by atoms with Gasteiger partial charge < -0.3 is 22.5 Å². The molecule has 23 aromatic carbocycles. The van der Waals surface area contributed by atoms with Gasteiger partial charge in [-0.25, -0.2) is 0 Å². The van der Waals surface area contributed by atoms with Crippen LogP contribution in [0.25, 0.3) is 267 Å². The molecule has 0 amide bonds. The number of para-hydroxylation sites is 4. The molecule has 134 heavy (non-hydrogen) atoms. The lowest BCUT2D eigenvalue weighted by atomic mass is 9.96. The Morgan fingerprint density at radius 1 is 0.142 bits per heavy atom. The lowest BCUT2D eigenvalue weighted by Crippen LogP contribution is -1.93. The zero-order valence-electron chi connectivity index (χ0n) is 72.7. The number of aromatic nitrogens is 3. The first-order chi connectivity index (χ1) is 66.4. The van der Waals surface area contributed by atoms with E-state index in [9.17, 15) is 0 Å². The van der Waals surface area contributed by atoms with Crippen LogP contribution >= 0.6 is 11.3 Å². The van der Waals surface area contributed by atoms with Crippen molar-refractivity contribution < 1.29 is 8.83 Å². The zero-order chi connectivity index (χ0) is 88.0. The monoisotopic (exact) mass is 1720 g/mol. The maximum atomic E-state index is 6.27. The summed E-state index contributed by atoms with van der Waals surface area (Å²) in [6.45, 7) is 0. The molecular formula is C128H79N3O2S. The highest BCUT2D eigenvalue weighted by molar-refractivity contribution is 7.26. The van der Waals surface area contributed by atoms with E-state index in [4.69, 9.17) is 8.83 Å². The molecule has 0 aliphatic rings. The van der Waals surface area contributed by atoms with Gasteiger partial charge in [-0.1, -0.05) is 315 Å². The van der Waals surface area contributed by atoms with Crippen molar-refractivity contribution in [1.82, 2.24) is 13.7 Å². The van der Waals surface area contributed by atoms with E-state index in [0.29, 0.717) is 0 Å². The van der Waals surface area contributed by atoms with Gasteiger partial charge in [0.1, 0.15) is 22.3 Å². The van der Waals surface area contributed by atoms with Crippen molar-refractivity contribution in [3.05, 3.63) is 479 Å².